The molecule has 0 amide bonds. The van der Waals surface area contributed by atoms with E-state index in [1.807, 2.05) is 0 Å². The minimum atomic E-state index is -0.546. The number of aliphatic hydroxyl groups excluding tert-OH is 2. The predicted molar refractivity (Wildman–Crippen MR) is 40.0 cm³/mol. The first-order valence-electron chi connectivity index (χ1n) is 3.87. The predicted octanol–water partition coefficient (Wildman–Crippen LogP) is -1.74. The van der Waals surface area contributed by atoms with Crippen molar-refractivity contribution in [1.29, 1.82) is 0 Å². The van der Waals surface area contributed by atoms with Crippen molar-refractivity contribution in [2.75, 3.05) is 26.2 Å². The minimum absolute atomic E-state index is 0.122. The standard InChI is InChI=1S/C7H17NO2/c1-3-8(4-2)5-7(10)6-9/h7,9-10H,3-6H2,1-2H3/p+1/t7-/m0/s1. The van der Waals surface area contributed by atoms with Gasteiger partial charge in [0.25, 0.3) is 0 Å². The van der Waals surface area contributed by atoms with E-state index in [1.165, 1.54) is 4.90 Å². The maximum Gasteiger partial charge on any atom is 0.126 e. The van der Waals surface area contributed by atoms with Gasteiger partial charge in [0.05, 0.1) is 19.7 Å². The fourth-order valence-electron chi connectivity index (χ4n) is 0.936. The van der Waals surface area contributed by atoms with E-state index >= 15 is 0 Å². The van der Waals surface area contributed by atoms with E-state index in [0.29, 0.717) is 6.54 Å². The summed E-state index contributed by atoms with van der Waals surface area (Å²) in [7, 11) is 0. The molecule has 0 bridgehead atoms. The number of quaternary nitrogens is 1. The van der Waals surface area contributed by atoms with E-state index in [9.17, 15) is 0 Å². The van der Waals surface area contributed by atoms with Crippen LogP contribution < -0.4 is 4.90 Å². The molecule has 0 saturated carbocycles. The molecule has 0 saturated heterocycles. The third kappa shape index (κ3) is 3.82. The molecule has 3 N–H and O–H groups in total. The molecule has 62 valence electrons. The van der Waals surface area contributed by atoms with Crippen LogP contribution in [-0.4, -0.2) is 42.6 Å². The average molecular weight is 148 g/mol. The summed E-state index contributed by atoms with van der Waals surface area (Å²) in [5.41, 5.74) is 0. The number of hydrogen-bond donors (Lipinski definition) is 3. The third-order valence-corrected chi connectivity index (χ3v) is 1.74. The highest BCUT2D eigenvalue weighted by molar-refractivity contribution is 4.46. The van der Waals surface area contributed by atoms with E-state index in [-0.39, 0.29) is 6.61 Å². The summed E-state index contributed by atoms with van der Waals surface area (Å²) >= 11 is 0. The lowest BCUT2D eigenvalue weighted by molar-refractivity contribution is -0.899. The van der Waals surface area contributed by atoms with Gasteiger partial charge in [0.1, 0.15) is 12.6 Å². The zero-order chi connectivity index (χ0) is 7.98. The van der Waals surface area contributed by atoms with Crippen LogP contribution in [0.25, 0.3) is 0 Å². The Hall–Kier alpha value is -0.120. The molecule has 0 aromatic heterocycles. The van der Waals surface area contributed by atoms with Gasteiger partial charge in [0.2, 0.25) is 0 Å². The van der Waals surface area contributed by atoms with Gasteiger partial charge in [-0.2, -0.15) is 0 Å². The number of aliphatic hydroxyl groups is 2. The first-order valence-corrected chi connectivity index (χ1v) is 3.87. The van der Waals surface area contributed by atoms with Crippen molar-refractivity contribution in [2.45, 2.75) is 20.0 Å². The van der Waals surface area contributed by atoms with E-state index in [2.05, 4.69) is 13.8 Å². The van der Waals surface area contributed by atoms with Crippen molar-refractivity contribution in [2.24, 2.45) is 0 Å². The second-order valence-corrected chi connectivity index (χ2v) is 2.50. The van der Waals surface area contributed by atoms with Crippen LogP contribution in [0.15, 0.2) is 0 Å². The van der Waals surface area contributed by atoms with Crippen LogP contribution in [0.3, 0.4) is 0 Å². The first kappa shape index (κ1) is 9.88. The average Bonchev–Trinajstić information content (AvgIpc) is 1.99. The summed E-state index contributed by atoms with van der Waals surface area (Å²) < 4.78 is 0. The van der Waals surface area contributed by atoms with Crippen LogP contribution in [-0.2, 0) is 0 Å². The Labute approximate surface area is 62.3 Å². The highest BCUT2D eigenvalue weighted by Gasteiger charge is 2.09. The molecule has 0 fully saturated rings. The first-order chi connectivity index (χ1) is 4.74. The summed E-state index contributed by atoms with van der Waals surface area (Å²) in [6.07, 6.45) is -0.546. The van der Waals surface area contributed by atoms with Gasteiger partial charge < -0.3 is 15.1 Å². The van der Waals surface area contributed by atoms with Crippen molar-refractivity contribution < 1.29 is 15.1 Å². The van der Waals surface area contributed by atoms with Crippen LogP contribution in [0, 0.1) is 0 Å². The molecule has 0 aromatic rings. The number of hydrogen-bond acceptors (Lipinski definition) is 2. The summed E-state index contributed by atoms with van der Waals surface area (Å²) in [4.78, 5) is 1.32. The quantitative estimate of drug-likeness (QED) is 0.433. The molecule has 0 rings (SSSR count). The minimum Gasteiger partial charge on any atom is -0.393 e. The van der Waals surface area contributed by atoms with Crippen molar-refractivity contribution in [3.63, 3.8) is 0 Å². The molecule has 0 aliphatic heterocycles. The Bertz CT molecular complexity index is 74.0. The van der Waals surface area contributed by atoms with E-state index in [0.717, 1.165) is 13.1 Å². The number of rotatable bonds is 5. The Balaban J connectivity index is 3.41. The Kier molecular flexibility index (Phi) is 5.58. The monoisotopic (exact) mass is 148 g/mol. The number of likely N-dealkylation sites (N-methyl/N-ethyl adjacent to an activating group) is 1. The normalized spacial score (nSPS) is 14.1. The van der Waals surface area contributed by atoms with Crippen molar-refractivity contribution in [3.8, 4) is 0 Å². The fourth-order valence-corrected chi connectivity index (χ4v) is 0.936. The van der Waals surface area contributed by atoms with Gasteiger partial charge in [0.15, 0.2) is 0 Å². The summed E-state index contributed by atoms with van der Waals surface area (Å²) in [6.45, 7) is 6.69. The lowest BCUT2D eigenvalue weighted by Gasteiger charge is -2.17. The van der Waals surface area contributed by atoms with Crippen LogP contribution in [0.2, 0.25) is 0 Å². The van der Waals surface area contributed by atoms with Gasteiger partial charge in [-0.3, -0.25) is 0 Å². The van der Waals surface area contributed by atoms with Gasteiger partial charge >= 0.3 is 0 Å². The largest absolute Gasteiger partial charge is 0.393 e. The summed E-state index contributed by atoms with van der Waals surface area (Å²) in [5.74, 6) is 0. The van der Waals surface area contributed by atoms with Gasteiger partial charge in [-0.1, -0.05) is 0 Å². The van der Waals surface area contributed by atoms with Crippen molar-refractivity contribution in [3.05, 3.63) is 0 Å². The lowest BCUT2D eigenvalue weighted by atomic mass is 10.3. The summed E-state index contributed by atoms with van der Waals surface area (Å²) in [5, 5.41) is 17.5. The third-order valence-electron chi connectivity index (χ3n) is 1.74. The molecule has 0 heterocycles. The Morgan fingerprint density at radius 2 is 1.80 bits per heavy atom. The van der Waals surface area contributed by atoms with E-state index < -0.39 is 6.10 Å². The van der Waals surface area contributed by atoms with Crippen LogP contribution in [0.4, 0.5) is 0 Å². The van der Waals surface area contributed by atoms with E-state index in [1.54, 1.807) is 0 Å². The van der Waals surface area contributed by atoms with Gasteiger partial charge in [0, 0.05) is 0 Å². The zero-order valence-electron chi connectivity index (χ0n) is 6.80. The molecule has 10 heavy (non-hydrogen) atoms. The molecule has 3 heteroatoms. The van der Waals surface area contributed by atoms with Gasteiger partial charge in [-0.15, -0.1) is 0 Å². The molecule has 0 aromatic carbocycles. The highest BCUT2D eigenvalue weighted by Crippen LogP contribution is 1.71. The Morgan fingerprint density at radius 1 is 1.30 bits per heavy atom. The molecule has 3 nitrogen and oxygen atoms in total. The highest BCUT2D eigenvalue weighted by atomic mass is 16.3. The van der Waals surface area contributed by atoms with Crippen molar-refractivity contribution in [1.82, 2.24) is 0 Å². The molecular weight excluding hydrogens is 130 g/mol. The van der Waals surface area contributed by atoms with E-state index in [4.69, 9.17) is 10.2 Å². The fraction of sp³-hybridized carbons (Fsp3) is 1.00. The molecule has 0 spiro atoms. The molecule has 0 aliphatic rings. The lowest BCUT2D eigenvalue weighted by Crippen LogP contribution is -3.12. The zero-order valence-corrected chi connectivity index (χ0v) is 6.80. The summed E-state index contributed by atoms with van der Waals surface area (Å²) in [6, 6.07) is 0. The SMILES string of the molecule is CC[NH+](CC)C[C@H](O)CO. The molecule has 0 aliphatic carbocycles. The Morgan fingerprint density at radius 3 is 2.10 bits per heavy atom. The maximum atomic E-state index is 9.02. The van der Waals surface area contributed by atoms with Crippen LogP contribution in [0.1, 0.15) is 13.8 Å². The molecule has 1 atom stereocenters. The second kappa shape index (κ2) is 5.65. The van der Waals surface area contributed by atoms with Crippen LogP contribution in [0.5, 0.6) is 0 Å². The number of nitrogens with one attached hydrogen (secondary N) is 1. The molecular formula is C7H18NO2+. The van der Waals surface area contributed by atoms with Gasteiger partial charge in [-0.25, -0.2) is 0 Å². The smallest absolute Gasteiger partial charge is 0.126 e. The van der Waals surface area contributed by atoms with Crippen LogP contribution >= 0.6 is 0 Å². The maximum absolute atomic E-state index is 9.02. The second-order valence-electron chi connectivity index (χ2n) is 2.50. The molecule has 0 unspecified atom stereocenters. The topological polar surface area (TPSA) is 44.9 Å². The van der Waals surface area contributed by atoms with Gasteiger partial charge in [-0.05, 0) is 13.8 Å². The van der Waals surface area contributed by atoms with Crippen molar-refractivity contribution >= 4 is 0 Å². The molecule has 0 radical (unpaired) electrons.